The molecule has 3 rings (SSSR count). The van der Waals surface area contributed by atoms with Crippen LogP contribution in [0.25, 0.3) is 16.6 Å². The molecule has 0 aliphatic carbocycles. The Bertz CT molecular complexity index is 869. The molecule has 0 bridgehead atoms. The standard InChI is InChI=1S/C10H5BrN4O4/c11-4-2-1-3-5-6(4)7-13-8(19-10(17)18)14-15(7)9(16)12-5/h1-3H,(H,12,16)(H,17,18). The number of hydrogen-bond donors (Lipinski definition) is 2. The summed E-state index contributed by atoms with van der Waals surface area (Å²) in [5, 5.41) is 12.8. The van der Waals surface area contributed by atoms with Gasteiger partial charge in [0.1, 0.15) is 0 Å². The fourth-order valence-electron chi connectivity index (χ4n) is 1.74. The number of ether oxygens (including phenoxy) is 1. The highest BCUT2D eigenvalue weighted by atomic mass is 79.9. The van der Waals surface area contributed by atoms with Crippen molar-refractivity contribution in [2.24, 2.45) is 0 Å². The number of fused-ring (bicyclic) bond motifs is 3. The lowest BCUT2D eigenvalue weighted by Crippen LogP contribution is -2.17. The molecule has 2 aromatic heterocycles. The van der Waals surface area contributed by atoms with E-state index in [1.807, 2.05) is 0 Å². The lowest BCUT2D eigenvalue weighted by molar-refractivity contribution is 0.140. The van der Waals surface area contributed by atoms with Gasteiger partial charge < -0.3 is 14.8 Å². The van der Waals surface area contributed by atoms with E-state index in [2.05, 4.69) is 35.7 Å². The van der Waals surface area contributed by atoms with Gasteiger partial charge in [0, 0.05) is 4.47 Å². The maximum Gasteiger partial charge on any atom is 0.513 e. The predicted octanol–water partition coefficient (Wildman–Crippen LogP) is 1.39. The molecule has 0 atom stereocenters. The maximum atomic E-state index is 11.8. The van der Waals surface area contributed by atoms with Gasteiger partial charge in [0.25, 0.3) is 0 Å². The first-order valence-electron chi connectivity index (χ1n) is 5.04. The summed E-state index contributed by atoms with van der Waals surface area (Å²) >= 11 is 3.34. The smallest absolute Gasteiger partial charge is 0.449 e. The third-order valence-corrected chi connectivity index (χ3v) is 3.10. The van der Waals surface area contributed by atoms with Crippen LogP contribution in [-0.2, 0) is 0 Å². The van der Waals surface area contributed by atoms with Gasteiger partial charge in [0.2, 0.25) is 0 Å². The summed E-state index contributed by atoms with van der Waals surface area (Å²) in [5.41, 5.74) is 0.233. The second-order valence-corrected chi connectivity index (χ2v) is 4.44. The Labute approximate surface area is 112 Å². The highest BCUT2D eigenvalue weighted by molar-refractivity contribution is 9.10. The number of aromatic nitrogens is 4. The zero-order valence-electron chi connectivity index (χ0n) is 9.12. The third-order valence-electron chi connectivity index (χ3n) is 2.44. The number of carboxylic acid groups (broad SMARTS) is 1. The van der Waals surface area contributed by atoms with Gasteiger partial charge in [-0.1, -0.05) is 6.07 Å². The van der Waals surface area contributed by atoms with Crippen LogP contribution in [0.3, 0.4) is 0 Å². The van der Waals surface area contributed by atoms with Crippen LogP contribution in [0.15, 0.2) is 27.5 Å². The number of hydrogen-bond acceptors (Lipinski definition) is 5. The highest BCUT2D eigenvalue weighted by Gasteiger charge is 2.15. The number of H-pyrrole nitrogens is 1. The molecule has 0 saturated carbocycles. The maximum absolute atomic E-state index is 11.8. The van der Waals surface area contributed by atoms with E-state index >= 15 is 0 Å². The number of halogens is 1. The minimum absolute atomic E-state index is 0.211. The number of aromatic amines is 1. The molecule has 0 saturated heterocycles. The Morgan fingerprint density at radius 1 is 1.47 bits per heavy atom. The van der Waals surface area contributed by atoms with E-state index < -0.39 is 17.9 Å². The van der Waals surface area contributed by atoms with Crippen LogP contribution in [0.2, 0.25) is 0 Å². The van der Waals surface area contributed by atoms with Crippen LogP contribution < -0.4 is 10.4 Å². The summed E-state index contributed by atoms with van der Waals surface area (Å²) in [7, 11) is 0. The molecule has 0 amide bonds. The van der Waals surface area contributed by atoms with E-state index in [4.69, 9.17) is 5.11 Å². The van der Waals surface area contributed by atoms with Gasteiger partial charge in [-0.15, -0.1) is 5.10 Å². The number of benzene rings is 1. The van der Waals surface area contributed by atoms with Crippen molar-refractivity contribution in [1.82, 2.24) is 19.6 Å². The highest BCUT2D eigenvalue weighted by Crippen LogP contribution is 2.25. The zero-order valence-corrected chi connectivity index (χ0v) is 10.7. The normalized spacial score (nSPS) is 11.0. The summed E-state index contributed by atoms with van der Waals surface area (Å²) in [6.45, 7) is 0. The second-order valence-electron chi connectivity index (χ2n) is 3.59. The van der Waals surface area contributed by atoms with Gasteiger partial charge in [-0.2, -0.15) is 9.50 Å². The second kappa shape index (κ2) is 4.05. The summed E-state index contributed by atoms with van der Waals surface area (Å²) in [4.78, 5) is 28.8. The van der Waals surface area contributed by atoms with Crippen molar-refractivity contribution in [2.75, 3.05) is 0 Å². The van der Waals surface area contributed by atoms with Gasteiger partial charge in [-0.25, -0.2) is 9.59 Å². The van der Waals surface area contributed by atoms with Crippen molar-refractivity contribution < 1.29 is 14.6 Å². The van der Waals surface area contributed by atoms with Crippen molar-refractivity contribution >= 4 is 38.6 Å². The van der Waals surface area contributed by atoms with Gasteiger partial charge in [0.05, 0.1) is 10.9 Å². The fraction of sp³-hybridized carbons (Fsp3) is 0. The lowest BCUT2D eigenvalue weighted by atomic mass is 10.2. The fourth-order valence-corrected chi connectivity index (χ4v) is 2.29. The molecule has 0 fully saturated rings. The van der Waals surface area contributed by atoms with Crippen LogP contribution >= 0.6 is 15.9 Å². The van der Waals surface area contributed by atoms with Crippen LogP contribution in [0.1, 0.15) is 0 Å². The van der Waals surface area contributed by atoms with Gasteiger partial charge in [-0.05, 0) is 28.1 Å². The number of carbonyl (C=O) groups is 1. The average Bonchev–Trinajstić information content (AvgIpc) is 2.72. The minimum Gasteiger partial charge on any atom is -0.449 e. The van der Waals surface area contributed by atoms with Crippen molar-refractivity contribution in [3.63, 3.8) is 0 Å². The Balaban J connectivity index is 2.42. The summed E-state index contributed by atoms with van der Waals surface area (Å²) < 4.78 is 5.99. The van der Waals surface area contributed by atoms with Crippen molar-refractivity contribution in [1.29, 1.82) is 0 Å². The Hall–Kier alpha value is -2.42. The molecule has 8 nitrogen and oxygen atoms in total. The van der Waals surface area contributed by atoms with E-state index in [1.54, 1.807) is 18.2 Å². The van der Waals surface area contributed by atoms with Gasteiger partial charge in [-0.3, -0.25) is 0 Å². The Morgan fingerprint density at radius 3 is 3.00 bits per heavy atom. The molecule has 2 heterocycles. The Morgan fingerprint density at radius 2 is 2.26 bits per heavy atom. The van der Waals surface area contributed by atoms with Gasteiger partial charge in [0.15, 0.2) is 5.65 Å². The summed E-state index contributed by atoms with van der Waals surface area (Å²) in [6.07, 6.45) is -1.55. The van der Waals surface area contributed by atoms with E-state index in [9.17, 15) is 9.59 Å². The summed E-state index contributed by atoms with van der Waals surface area (Å²) in [5.74, 6) is 0. The van der Waals surface area contributed by atoms with Gasteiger partial charge >= 0.3 is 17.9 Å². The molecular weight excluding hydrogens is 320 g/mol. The monoisotopic (exact) mass is 324 g/mol. The molecule has 19 heavy (non-hydrogen) atoms. The molecule has 1 aromatic carbocycles. The third kappa shape index (κ3) is 1.83. The minimum atomic E-state index is -1.55. The molecule has 0 unspecified atom stereocenters. The molecule has 0 aliphatic rings. The van der Waals surface area contributed by atoms with E-state index in [0.717, 1.165) is 4.52 Å². The number of rotatable bonds is 1. The van der Waals surface area contributed by atoms with Crippen LogP contribution in [0.5, 0.6) is 6.01 Å². The number of nitrogens with zero attached hydrogens (tertiary/aromatic N) is 3. The Kier molecular flexibility index (Phi) is 2.49. The average molecular weight is 325 g/mol. The van der Waals surface area contributed by atoms with Crippen molar-refractivity contribution in [2.45, 2.75) is 0 Å². The first-order valence-corrected chi connectivity index (χ1v) is 5.83. The van der Waals surface area contributed by atoms with Crippen molar-refractivity contribution in [3.05, 3.63) is 33.2 Å². The molecule has 0 aliphatic heterocycles. The first kappa shape index (κ1) is 11.7. The number of nitrogens with one attached hydrogen (secondary N) is 1. The molecule has 96 valence electrons. The van der Waals surface area contributed by atoms with E-state index in [0.29, 0.717) is 15.4 Å². The van der Waals surface area contributed by atoms with E-state index in [1.165, 1.54) is 0 Å². The topological polar surface area (TPSA) is 110 Å². The van der Waals surface area contributed by atoms with E-state index in [-0.39, 0.29) is 5.65 Å². The summed E-state index contributed by atoms with van der Waals surface area (Å²) in [6, 6.07) is 4.83. The lowest BCUT2D eigenvalue weighted by Gasteiger charge is -2.00. The molecule has 0 spiro atoms. The predicted molar refractivity (Wildman–Crippen MR) is 67.5 cm³/mol. The first-order chi connectivity index (χ1) is 9.06. The van der Waals surface area contributed by atoms with Crippen LogP contribution in [-0.4, -0.2) is 30.8 Å². The van der Waals surface area contributed by atoms with Crippen molar-refractivity contribution in [3.8, 4) is 6.01 Å². The molecule has 0 radical (unpaired) electrons. The largest absolute Gasteiger partial charge is 0.513 e. The van der Waals surface area contributed by atoms with Crippen LogP contribution in [0, 0.1) is 0 Å². The molecule has 2 N–H and O–H groups in total. The zero-order chi connectivity index (χ0) is 13.6. The van der Waals surface area contributed by atoms with Crippen LogP contribution in [0.4, 0.5) is 4.79 Å². The SMILES string of the molecule is O=C(O)Oc1nc2c3c(Br)cccc3[nH]c(=O)n2n1. The molecule has 9 heteroatoms. The molecule has 3 aromatic rings. The molecular formula is C10H5BrN4O4. The quantitative estimate of drug-likeness (QED) is 0.654.